The van der Waals surface area contributed by atoms with E-state index in [0.717, 1.165) is 5.56 Å². The summed E-state index contributed by atoms with van der Waals surface area (Å²) in [6, 6.07) is 4.64. The Kier molecular flexibility index (Phi) is 4.55. The smallest absolute Gasteiger partial charge is 0.352 e. The molecule has 0 radical (unpaired) electrons. The molecule has 0 saturated carbocycles. The second-order valence-corrected chi connectivity index (χ2v) is 3.80. The summed E-state index contributed by atoms with van der Waals surface area (Å²) in [6.45, 7) is 1.31. The molecule has 0 aliphatic heterocycles. The first-order chi connectivity index (χ1) is 8.33. The number of benzene rings is 1. The molecular weight excluding hydrogens is 247 g/mol. The van der Waals surface area contributed by atoms with Gasteiger partial charge in [-0.15, -0.1) is 0 Å². The van der Waals surface area contributed by atoms with Crippen molar-refractivity contribution in [3.05, 3.63) is 29.3 Å². The topological polar surface area (TPSA) is 67.2 Å². The standard InChI is InChI=1S/C11H14F3N3O/c1-7-6-8(2-3-9(7)17-15)10(18)16-5-4-11(12,13)14/h2-3,6,17H,4-5,15H2,1H3,(H,16,18). The van der Waals surface area contributed by atoms with E-state index in [2.05, 4.69) is 10.7 Å². The molecule has 1 amide bonds. The second-order valence-electron chi connectivity index (χ2n) is 3.80. The predicted molar refractivity (Wildman–Crippen MR) is 62.0 cm³/mol. The van der Waals surface area contributed by atoms with E-state index in [0.29, 0.717) is 11.3 Å². The van der Waals surface area contributed by atoms with Crippen molar-refractivity contribution in [2.45, 2.75) is 19.5 Å². The fourth-order valence-electron chi connectivity index (χ4n) is 1.39. The van der Waals surface area contributed by atoms with Gasteiger partial charge in [-0.2, -0.15) is 13.2 Å². The van der Waals surface area contributed by atoms with E-state index in [-0.39, 0.29) is 0 Å². The minimum absolute atomic E-state index is 0.300. The highest BCUT2D eigenvalue weighted by Gasteiger charge is 2.26. The van der Waals surface area contributed by atoms with Crippen LogP contribution in [0.2, 0.25) is 0 Å². The average Bonchev–Trinajstić information content (AvgIpc) is 2.27. The SMILES string of the molecule is Cc1cc(C(=O)NCCC(F)(F)F)ccc1NN. The fourth-order valence-corrected chi connectivity index (χ4v) is 1.39. The van der Waals surface area contributed by atoms with Crippen LogP contribution in [0, 0.1) is 6.92 Å². The average molecular weight is 261 g/mol. The van der Waals surface area contributed by atoms with Gasteiger partial charge in [0.15, 0.2) is 0 Å². The number of halogens is 3. The van der Waals surface area contributed by atoms with Gasteiger partial charge in [0.2, 0.25) is 0 Å². The third-order valence-corrected chi connectivity index (χ3v) is 2.34. The van der Waals surface area contributed by atoms with E-state index >= 15 is 0 Å². The maximum absolute atomic E-state index is 11.9. The van der Waals surface area contributed by atoms with Crippen molar-refractivity contribution in [3.8, 4) is 0 Å². The summed E-state index contributed by atoms with van der Waals surface area (Å²) in [7, 11) is 0. The van der Waals surface area contributed by atoms with Crippen LogP contribution in [0.15, 0.2) is 18.2 Å². The highest BCUT2D eigenvalue weighted by Crippen LogP contribution is 2.18. The number of amides is 1. The Balaban J connectivity index is 2.59. The van der Waals surface area contributed by atoms with Gasteiger partial charge in [0.25, 0.3) is 5.91 Å². The molecule has 0 heterocycles. The molecule has 0 aromatic heterocycles. The number of aryl methyl sites for hydroxylation is 1. The Morgan fingerprint density at radius 2 is 2.06 bits per heavy atom. The van der Waals surface area contributed by atoms with Crippen LogP contribution in [0.5, 0.6) is 0 Å². The van der Waals surface area contributed by atoms with Gasteiger partial charge in [-0.3, -0.25) is 10.6 Å². The van der Waals surface area contributed by atoms with Crippen LogP contribution >= 0.6 is 0 Å². The highest BCUT2D eigenvalue weighted by atomic mass is 19.4. The Hall–Kier alpha value is -1.76. The normalized spacial score (nSPS) is 11.2. The van der Waals surface area contributed by atoms with Crippen molar-refractivity contribution in [1.29, 1.82) is 0 Å². The van der Waals surface area contributed by atoms with Gasteiger partial charge in [-0.05, 0) is 30.7 Å². The van der Waals surface area contributed by atoms with Crippen LogP contribution in [0.4, 0.5) is 18.9 Å². The van der Waals surface area contributed by atoms with Crippen molar-refractivity contribution in [2.75, 3.05) is 12.0 Å². The Labute approximate surface area is 102 Å². The summed E-state index contributed by atoms with van der Waals surface area (Å²) in [4.78, 5) is 11.6. The van der Waals surface area contributed by atoms with Crippen molar-refractivity contribution >= 4 is 11.6 Å². The summed E-state index contributed by atoms with van der Waals surface area (Å²) in [5, 5.41) is 2.21. The highest BCUT2D eigenvalue weighted by molar-refractivity contribution is 5.94. The zero-order valence-electron chi connectivity index (χ0n) is 9.77. The van der Waals surface area contributed by atoms with E-state index in [9.17, 15) is 18.0 Å². The van der Waals surface area contributed by atoms with Crippen molar-refractivity contribution < 1.29 is 18.0 Å². The number of carbonyl (C=O) groups excluding carboxylic acids is 1. The summed E-state index contributed by atoms with van der Waals surface area (Å²) in [5.41, 5.74) is 4.14. The Morgan fingerprint density at radius 1 is 1.39 bits per heavy atom. The number of alkyl halides is 3. The Bertz CT molecular complexity index is 432. The summed E-state index contributed by atoms with van der Waals surface area (Å²) < 4.78 is 35.7. The number of anilines is 1. The molecule has 4 N–H and O–H groups in total. The third-order valence-electron chi connectivity index (χ3n) is 2.34. The molecule has 1 aromatic rings. The summed E-state index contributed by atoms with van der Waals surface area (Å²) in [6.07, 6.45) is -5.31. The lowest BCUT2D eigenvalue weighted by Gasteiger charge is -2.09. The lowest BCUT2D eigenvalue weighted by atomic mass is 10.1. The van der Waals surface area contributed by atoms with Crippen molar-refractivity contribution in [2.24, 2.45) is 5.84 Å². The van der Waals surface area contributed by atoms with E-state index in [4.69, 9.17) is 5.84 Å². The molecule has 18 heavy (non-hydrogen) atoms. The molecule has 0 fully saturated rings. The molecule has 1 rings (SSSR count). The number of nitrogens with one attached hydrogen (secondary N) is 2. The van der Waals surface area contributed by atoms with Crippen molar-refractivity contribution in [3.63, 3.8) is 0 Å². The monoisotopic (exact) mass is 261 g/mol. The minimum Gasteiger partial charge on any atom is -0.352 e. The van der Waals surface area contributed by atoms with E-state index in [1.807, 2.05) is 0 Å². The zero-order chi connectivity index (χ0) is 13.8. The lowest BCUT2D eigenvalue weighted by molar-refractivity contribution is -0.132. The van der Waals surface area contributed by atoms with Crippen LogP contribution in [-0.4, -0.2) is 18.6 Å². The predicted octanol–water partition coefficient (Wildman–Crippen LogP) is 1.96. The molecule has 7 heteroatoms. The van der Waals surface area contributed by atoms with Crippen LogP contribution in [0.1, 0.15) is 22.3 Å². The zero-order valence-corrected chi connectivity index (χ0v) is 9.77. The molecule has 0 atom stereocenters. The summed E-state index contributed by atoms with van der Waals surface area (Å²) >= 11 is 0. The lowest BCUT2D eigenvalue weighted by Crippen LogP contribution is -2.28. The number of hydrogen-bond donors (Lipinski definition) is 3. The summed E-state index contributed by atoms with van der Waals surface area (Å²) in [5.74, 6) is 4.69. The van der Waals surface area contributed by atoms with E-state index < -0.39 is 25.0 Å². The molecule has 0 saturated heterocycles. The largest absolute Gasteiger partial charge is 0.390 e. The van der Waals surface area contributed by atoms with Crippen LogP contribution in [0.25, 0.3) is 0 Å². The minimum atomic E-state index is -4.27. The third kappa shape index (κ3) is 4.25. The van der Waals surface area contributed by atoms with Crippen LogP contribution in [-0.2, 0) is 0 Å². The maximum Gasteiger partial charge on any atom is 0.390 e. The van der Waals surface area contributed by atoms with Gasteiger partial charge in [-0.1, -0.05) is 0 Å². The number of nitrogen functional groups attached to an aromatic ring is 1. The molecular formula is C11H14F3N3O. The van der Waals surface area contributed by atoms with Gasteiger partial charge < -0.3 is 10.7 Å². The molecule has 4 nitrogen and oxygen atoms in total. The second kappa shape index (κ2) is 5.72. The first-order valence-corrected chi connectivity index (χ1v) is 5.25. The number of rotatable bonds is 4. The maximum atomic E-state index is 11.9. The van der Waals surface area contributed by atoms with Crippen molar-refractivity contribution in [1.82, 2.24) is 5.32 Å². The van der Waals surface area contributed by atoms with Gasteiger partial charge in [0.1, 0.15) is 0 Å². The molecule has 0 aliphatic rings. The molecule has 1 aromatic carbocycles. The number of nitrogens with two attached hydrogens (primary N) is 1. The number of carbonyl (C=O) groups is 1. The van der Waals surface area contributed by atoms with Gasteiger partial charge in [0, 0.05) is 12.1 Å². The quantitative estimate of drug-likeness (QED) is 0.573. The number of hydrazine groups is 1. The van der Waals surface area contributed by atoms with Gasteiger partial charge in [-0.25, -0.2) is 0 Å². The molecule has 100 valence electrons. The van der Waals surface area contributed by atoms with Crippen LogP contribution < -0.4 is 16.6 Å². The molecule has 0 aliphatic carbocycles. The van der Waals surface area contributed by atoms with E-state index in [1.54, 1.807) is 19.1 Å². The Morgan fingerprint density at radius 3 is 2.56 bits per heavy atom. The van der Waals surface area contributed by atoms with Gasteiger partial charge >= 0.3 is 6.18 Å². The first kappa shape index (κ1) is 14.3. The van der Waals surface area contributed by atoms with Crippen LogP contribution in [0.3, 0.4) is 0 Å². The number of hydrogen-bond acceptors (Lipinski definition) is 3. The fraction of sp³-hybridized carbons (Fsp3) is 0.364. The van der Waals surface area contributed by atoms with Gasteiger partial charge in [0.05, 0.1) is 12.1 Å². The molecule has 0 bridgehead atoms. The first-order valence-electron chi connectivity index (χ1n) is 5.25. The molecule has 0 unspecified atom stereocenters. The molecule has 0 spiro atoms. The van der Waals surface area contributed by atoms with E-state index in [1.165, 1.54) is 6.07 Å².